The van der Waals surface area contributed by atoms with E-state index in [9.17, 15) is 4.91 Å². The van der Waals surface area contributed by atoms with E-state index in [1.807, 2.05) is 0 Å². The Hall–Kier alpha value is -0.335. The van der Waals surface area contributed by atoms with Gasteiger partial charge in [-0.05, 0) is 12.3 Å². The highest BCUT2D eigenvalue weighted by Crippen LogP contribution is 2.32. The van der Waals surface area contributed by atoms with Crippen molar-refractivity contribution in [3.8, 4) is 0 Å². The summed E-state index contributed by atoms with van der Waals surface area (Å²) in [5.41, 5.74) is 0. The molecule has 1 saturated carbocycles. The van der Waals surface area contributed by atoms with E-state index < -0.39 is 0 Å². The maximum absolute atomic E-state index is 9.84. The van der Waals surface area contributed by atoms with Crippen molar-refractivity contribution in [2.24, 2.45) is 11.1 Å². The van der Waals surface area contributed by atoms with Gasteiger partial charge in [-0.1, -0.05) is 36.7 Å². The molecule has 0 aromatic heterocycles. The van der Waals surface area contributed by atoms with Gasteiger partial charge in [0.1, 0.15) is 0 Å². The summed E-state index contributed by atoms with van der Waals surface area (Å²) < 4.78 is 0. The molecule has 0 saturated heterocycles. The topological polar surface area (TPSA) is 29.4 Å². The second-order valence-corrected chi connectivity index (χ2v) is 3.42. The van der Waals surface area contributed by atoms with Crippen molar-refractivity contribution in [1.29, 1.82) is 0 Å². The Bertz CT molecular complexity index is 121. The predicted molar refractivity (Wildman–Crippen MR) is 46.7 cm³/mol. The lowest BCUT2D eigenvalue weighted by atomic mass is 9.71. The van der Waals surface area contributed by atoms with Crippen LogP contribution in [0, 0.1) is 10.8 Å². The number of nitrogens with zero attached hydrogens (tertiary/aromatic N) is 1. The summed E-state index contributed by atoms with van der Waals surface area (Å²) >= 11 is 0. The van der Waals surface area contributed by atoms with Crippen molar-refractivity contribution in [2.75, 3.05) is 6.54 Å². The molecule has 60 valence electrons. The molecule has 1 aliphatic rings. The SMILES string of the molecule is [B]C1CCC(CCN=O)CC1. The minimum Gasteiger partial charge on any atom is -0.151 e. The molecule has 0 aliphatic heterocycles. The Morgan fingerprint density at radius 3 is 2.45 bits per heavy atom. The first-order valence-corrected chi connectivity index (χ1v) is 4.37. The predicted octanol–water partition coefficient (Wildman–Crippen LogP) is 2.29. The van der Waals surface area contributed by atoms with Gasteiger partial charge >= 0.3 is 0 Å². The van der Waals surface area contributed by atoms with E-state index in [2.05, 4.69) is 5.18 Å². The van der Waals surface area contributed by atoms with E-state index in [1.54, 1.807) is 0 Å². The highest BCUT2D eigenvalue weighted by molar-refractivity contribution is 6.11. The van der Waals surface area contributed by atoms with Gasteiger partial charge < -0.3 is 0 Å². The minimum atomic E-state index is 0.412. The van der Waals surface area contributed by atoms with Gasteiger partial charge in [-0.3, -0.25) is 0 Å². The third-order valence-corrected chi connectivity index (χ3v) is 2.52. The molecule has 0 atom stereocenters. The van der Waals surface area contributed by atoms with E-state index in [0.29, 0.717) is 18.3 Å². The largest absolute Gasteiger partial charge is 0.151 e. The molecule has 1 fully saturated rings. The lowest BCUT2D eigenvalue weighted by molar-refractivity contribution is 0.343. The Kier molecular flexibility index (Phi) is 3.60. The quantitative estimate of drug-likeness (QED) is 0.449. The van der Waals surface area contributed by atoms with Gasteiger partial charge in [0.05, 0.1) is 14.4 Å². The molecular formula is C8H14BNO. The maximum Gasteiger partial charge on any atom is 0.0813 e. The number of nitroso groups, excluding NO2 is 1. The van der Waals surface area contributed by atoms with Crippen LogP contribution in [-0.4, -0.2) is 14.4 Å². The molecule has 0 aromatic rings. The van der Waals surface area contributed by atoms with Crippen molar-refractivity contribution < 1.29 is 0 Å². The average molecular weight is 151 g/mol. The fourth-order valence-corrected chi connectivity index (χ4v) is 1.71. The number of rotatable bonds is 3. The fourth-order valence-electron chi connectivity index (χ4n) is 1.71. The minimum absolute atomic E-state index is 0.412. The first-order chi connectivity index (χ1) is 5.33. The molecule has 0 amide bonds. The lowest BCUT2D eigenvalue weighted by Gasteiger charge is -2.25. The monoisotopic (exact) mass is 151 g/mol. The van der Waals surface area contributed by atoms with Crippen LogP contribution in [0.4, 0.5) is 0 Å². The first-order valence-electron chi connectivity index (χ1n) is 4.37. The summed E-state index contributed by atoms with van der Waals surface area (Å²) in [5.74, 6) is 1.13. The second kappa shape index (κ2) is 4.52. The summed E-state index contributed by atoms with van der Waals surface area (Å²) in [4.78, 5) is 9.84. The summed E-state index contributed by atoms with van der Waals surface area (Å²) in [6, 6.07) is 0. The molecule has 1 rings (SSSR count). The van der Waals surface area contributed by atoms with Gasteiger partial charge in [0.2, 0.25) is 0 Å². The summed E-state index contributed by atoms with van der Waals surface area (Å²) in [5, 5.41) is 2.87. The summed E-state index contributed by atoms with van der Waals surface area (Å²) in [6.45, 7) is 0.486. The zero-order chi connectivity index (χ0) is 8.10. The van der Waals surface area contributed by atoms with E-state index >= 15 is 0 Å². The lowest BCUT2D eigenvalue weighted by Crippen LogP contribution is -2.11. The number of hydrogen-bond acceptors (Lipinski definition) is 2. The second-order valence-electron chi connectivity index (χ2n) is 3.42. The molecule has 1 aliphatic carbocycles. The van der Waals surface area contributed by atoms with Crippen LogP contribution in [0.3, 0.4) is 0 Å². The van der Waals surface area contributed by atoms with Crippen LogP contribution in [0.1, 0.15) is 32.1 Å². The van der Waals surface area contributed by atoms with Gasteiger partial charge in [0, 0.05) is 0 Å². The van der Waals surface area contributed by atoms with Crippen LogP contribution in [0.15, 0.2) is 5.18 Å². The zero-order valence-corrected chi connectivity index (χ0v) is 6.83. The third kappa shape index (κ3) is 3.04. The molecule has 2 nitrogen and oxygen atoms in total. The molecule has 0 spiro atoms. The Morgan fingerprint density at radius 2 is 1.91 bits per heavy atom. The molecule has 0 N–H and O–H groups in total. The van der Waals surface area contributed by atoms with Crippen molar-refractivity contribution in [3.63, 3.8) is 0 Å². The van der Waals surface area contributed by atoms with Crippen molar-refractivity contribution in [1.82, 2.24) is 0 Å². The Labute approximate surface area is 69.1 Å². The van der Waals surface area contributed by atoms with E-state index in [1.165, 1.54) is 12.8 Å². The molecule has 2 radical (unpaired) electrons. The van der Waals surface area contributed by atoms with E-state index in [-0.39, 0.29) is 0 Å². The molecular weight excluding hydrogens is 137 g/mol. The highest BCUT2D eigenvalue weighted by Gasteiger charge is 2.17. The van der Waals surface area contributed by atoms with Crippen LogP contribution < -0.4 is 0 Å². The van der Waals surface area contributed by atoms with Gasteiger partial charge in [-0.15, -0.1) is 0 Å². The first kappa shape index (κ1) is 8.76. The Balaban J connectivity index is 2.12. The number of hydrogen-bond donors (Lipinski definition) is 0. The van der Waals surface area contributed by atoms with Gasteiger partial charge in [0.15, 0.2) is 0 Å². The fraction of sp³-hybridized carbons (Fsp3) is 1.00. The average Bonchev–Trinajstić information content (AvgIpc) is 2.04. The van der Waals surface area contributed by atoms with Crippen LogP contribution >= 0.6 is 0 Å². The van der Waals surface area contributed by atoms with Crippen LogP contribution in [0.5, 0.6) is 0 Å². The highest BCUT2D eigenvalue weighted by atomic mass is 16.3. The smallest absolute Gasteiger partial charge is 0.0813 e. The van der Waals surface area contributed by atoms with Gasteiger partial charge in [-0.25, -0.2) is 0 Å². The van der Waals surface area contributed by atoms with Crippen molar-refractivity contribution in [3.05, 3.63) is 4.91 Å². The van der Waals surface area contributed by atoms with Crippen molar-refractivity contribution >= 4 is 7.85 Å². The molecule has 11 heavy (non-hydrogen) atoms. The summed E-state index contributed by atoms with van der Waals surface area (Å²) in [7, 11) is 5.74. The molecule has 0 aromatic carbocycles. The van der Waals surface area contributed by atoms with E-state index in [4.69, 9.17) is 7.85 Å². The maximum atomic E-state index is 9.84. The standard InChI is InChI=1S/C8H14BNO/c9-8-3-1-7(2-4-8)5-6-10-11/h7-8H,1-6H2. The van der Waals surface area contributed by atoms with Crippen molar-refractivity contribution in [2.45, 2.75) is 37.9 Å². The van der Waals surface area contributed by atoms with E-state index in [0.717, 1.165) is 19.3 Å². The van der Waals surface area contributed by atoms with Gasteiger partial charge in [0.25, 0.3) is 0 Å². The van der Waals surface area contributed by atoms with Gasteiger partial charge in [-0.2, -0.15) is 4.91 Å². The zero-order valence-electron chi connectivity index (χ0n) is 6.83. The molecule has 0 unspecified atom stereocenters. The molecule has 0 bridgehead atoms. The third-order valence-electron chi connectivity index (χ3n) is 2.52. The Morgan fingerprint density at radius 1 is 1.27 bits per heavy atom. The van der Waals surface area contributed by atoms with Crippen LogP contribution in [-0.2, 0) is 0 Å². The molecule has 3 heteroatoms. The summed E-state index contributed by atoms with van der Waals surface area (Å²) in [6.07, 6.45) is 5.61. The van der Waals surface area contributed by atoms with Crippen LogP contribution in [0.25, 0.3) is 0 Å². The van der Waals surface area contributed by atoms with Crippen LogP contribution in [0.2, 0.25) is 5.82 Å². The molecule has 0 heterocycles. The normalized spacial score (nSPS) is 31.6.